The van der Waals surface area contributed by atoms with Crippen LogP contribution in [0.15, 0.2) is 11.4 Å². The Hall–Kier alpha value is -0.910. The van der Waals surface area contributed by atoms with E-state index in [1.807, 2.05) is 11.4 Å². The van der Waals surface area contributed by atoms with Gasteiger partial charge in [-0.3, -0.25) is 0 Å². The van der Waals surface area contributed by atoms with Crippen molar-refractivity contribution in [3.05, 3.63) is 16.7 Å². The molecule has 2 aromatic heterocycles. The normalized spacial score (nSPS) is 17.9. The molecule has 3 heterocycles. The highest BCUT2D eigenvalue weighted by atomic mass is 35.5. The van der Waals surface area contributed by atoms with E-state index in [4.69, 9.17) is 11.6 Å². The summed E-state index contributed by atoms with van der Waals surface area (Å²) in [6, 6.07) is 2.02. The van der Waals surface area contributed by atoms with Gasteiger partial charge in [-0.1, -0.05) is 0 Å². The molecule has 2 aromatic rings. The SMILES string of the molecule is OC1CCN(c2nc(Cl)nc3sccc23)CC1. The number of hydrogen-bond donors (Lipinski definition) is 1. The Bertz CT molecular complexity index is 536. The van der Waals surface area contributed by atoms with Crippen molar-refractivity contribution >= 4 is 39.0 Å². The zero-order valence-electron chi connectivity index (χ0n) is 9.14. The van der Waals surface area contributed by atoms with Gasteiger partial charge in [0, 0.05) is 13.1 Å². The van der Waals surface area contributed by atoms with Gasteiger partial charge in [-0.2, -0.15) is 4.98 Å². The summed E-state index contributed by atoms with van der Waals surface area (Å²) in [5.41, 5.74) is 0. The lowest BCUT2D eigenvalue weighted by Gasteiger charge is -2.30. The number of aliphatic hydroxyl groups excluding tert-OH is 1. The molecule has 1 aliphatic rings. The third-order valence-electron chi connectivity index (χ3n) is 3.04. The van der Waals surface area contributed by atoms with Crippen LogP contribution in [0.25, 0.3) is 10.2 Å². The number of piperidine rings is 1. The van der Waals surface area contributed by atoms with Gasteiger partial charge in [0.25, 0.3) is 0 Å². The number of nitrogens with zero attached hydrogens (tertiary/aromatic N) is 3. The number of aromatic nitrogens is 2. The van der Waals surface area contributed by atoms with Crippen LogP contribution in [0.2, 0.25) is 5.28 Å². The third kappa shape index (κ3) is 2.10. The minimum Gasteiger partial charge on any atom is -0.393 e. The Morgan fingerprint density at radius 3 is 2.88 bits per heavy atom. The Morgan fingerprint density at radius 2 is 2.12 bits per heavy atom. The van der Waals surface area contributed by atoms with Crippen LogP contribution in [0.4, 0.5) is 5.82 Å². The molecule has 0 amide bonds. The molecule has 90 valence electrons. The fourth-order valence-corrected chi connectivity index (χ4v) is 3.11. The van der Waals surface area contributed by atoms with Gasteiger partial charge < -0.3 is 10.0 Å². The summed E-state index contributed by atoms with van der Waals surface area (Å²) in [6.45, 7) is 1.64. The molecule has 0 saturated carbocycles. The first-order valence-electron chi connectivity index (χ1n) is 5.58. The standard InChI is InChI=1S/C11H12ClN3OS/c12-11-13-9(8-3-6-17-10(8)14-11)15-4-1-7(16)2-5-15/h3,6-7,16H,1-2,4-5H2. The molecule has 0 aromatic carbocycles. The largest absolute Gasteiger partial charge is 0.393 e. The molecule has 3 rings (SSSR count). The van der Waals surface area contributed by atoms with E-state index in [1.165, 1.54) is 0 Å². The van der Waals surface area contributed by atoms with Crippen LogP contribution in [-0.2, 0) is 0 Å². The molecule has 0 bridgehead atoms. The topological polar surface area (TPSA) is 49.2 Å². The number of rotatable bonds is 1. The van der Waals surface area contributed by atoms with Crippen LogP contribution in [0.5, 0.6) is 0 Å². The molecule has 0 radical (unpaired) electrons. The molecule has 0 spiro atoms. The van der Waals surface area contributed by atoms with Crippen molar-refractivity contribution in [2.75, 3.05) is 18.0 Å². The van der Waals surface area contributed by atoms with Gasteiger partial charge in [0.2, 0.25) is 5.28 Å². The Balaban J connectivity index is 2.01. The van der Waals surface area contributed by atoms with Crippen molar-refractivity contribution in [3.63, 3.8) is 0 Å². The second-order valence-corrected chi connectivity index (χ2v) is 5.41. The molecule has 17 heavy (non-hydrogen) atoms. The molecule has 6 heteroatoms. The average molecular weight is 270 g/mol. The smallest absolute Gasteiger partial charge is 0.225 e. The Labute approximate surface area is 108 Å². The number of halogens is 1. The number of anilines is 1. The Morgan fingerprint density at radius 1 is 1.35 bits per heavy atom. The predicted octanol–water partition coefficient (Wildman–Crippen LogP) is 2.31. The first-order chi connectivity index (χ1) is 8.24. The van der Waals surface area contributed by atoms with Crippen molar-refractivity contribution in [1.29, 1.82) is 0 Å². The second-order valence-electron chi connectivity index (χ2n) is 4.17. The van der Waals surface area contributed by atoms with E-state index < -0.39 is 0 Å². The van der Waals surface area contributed by atoms with Crippen LogP contribution in [0.3, 0.4) is 0 Å². The minimum atomic E-state index is -0.179. The number of hydrogen-bond acceptors (Lipinski definition) is 5. The Kier molecular flexibility index (Phi) is 2.90. The van der Waals surface area contributed by atoms with E-state index in [1.54, 1.807) is 11.3 Å². The molecule has 0 aliphatic carbocycles. The van der Waals surface area contributed by atoms with Gasteiger partial charge in [-0.05, 0) is 35.9 Å². The minimum absolute atomic E-state index is 0.179. The average Bonchev–Trinajstić information content (AvgIpc) is 2.77. The summed E-state index contributed by atoms with van der Waals surface area (Å²) in [5.74, 6) is 0.896. The lowest BCUT2D eigenvalue weighted by molar-refractivity contribution is 0.145. The maximum atomic E-state index is 9.52. The van der Waals surface area contributed by atoms with Crippen molar-refractivity contribution < 1.29 is 5.11 Å². The summed E-state index contributed by atoms with van der Waals surface area (Å²) in [7, 11) is 0. The maximum absolute atomic E-state index is 9.52. The number of fused-ring (bicyclic) bond motifs is 1. The first-order valence-corrected chi connectivity index (χ1v) is 6.83. The molecule has 1 N–H and O–H groups in total. The zero-order valence-corrected chi connectivity index (χ0v) is 10.7. The maximum Gasteiger partial charge on any atom is 0.225 e. The van der Waals surface area contributed by atoms with Gasteiger partial charge in [0.05, 0.1) is 11.5 Å². The van der Waals surface area contributed by atoms with E-state index >= 15 is 0 Å². The quantitative estimate of drug-likeness (QED) is 0.807. The van der Waals surface area contributed by atoms with Crippen molar-refractivity contribution in [1.82, 2.24) is 9.97 Å². The lowest BCUT2D eigenvalue weighted by Crippen LogP contribution is -2.36. The zero-order chi connectivity index (χ0) is 11.8. The second kappa shape index (κ2) is 4.40. The van der Waals surface area contributed by atoms with E-state index in [0.717, 1.165) is 42.0 Å². The van der Waals surface area contributed by atoms with Gasteiger partial charge in [-0.15, -0.1) is 11.3 Å². The summed E-state index contributed by atoms with van der Waals surface area (Å²) in [5, 5.41) is 12.9. The highest BCUT2D eigenvalue weighted by Gasteiger charge is 2.21. The first kappa shape index (κ1) is 11.2. The van der Waals surface area contributed by atoms with Crippen molar-refractivity contribution in [2.45, 2.75) is 18.9 Å². The highest BCUT2D eigenvalue weighted by molar-refractivity contribution is 7.16. The highest BCUT2D eigenvalue weighted by Crippen LogP contribution is 2.30. The van der Waals surface area contributed by atoms with Crippen molar-refractivity contribution in [3.8, 4) is 0 Å². The monoisotopic (exact) mass is 269 g/mol. The molecule has 1 saturated heterocycles. The lowest BCUT2D eigenvalue weighted by atomic mass is 10.1. The molecular formula is C11H12ClN3OS. The summed E-state index contributed by atoms with van der Waals surface area (Å²) in [6.07, 6.45) is 1.39. The molecule has 1 aliphatic heterocycles. The van der Waals surface area contributed by atoms with E-state index in [2.05, 4.69) is 14.9 Å². The molecular weight excluding hydrogens is 258 g/mol. The van der Waals surface area contributed by atoms with E-state index in [-0.39, 0.29) is 6.10 Å². The summed E-state index contributed by atoms with van der Waals surface area (Å²) < 4.78 is 0. The van der Waals surface area contributed by atoms with Crippen LogP contribution in [0, 0.1) is 0 Å². The third-order valence-corrected chi connectivity index (χ3v) is 4.02. The van der Waals surface area contributed by atoms with Gasteiger partial charge >= 0.3 is 0 Å². The van der Waals surface area contributed by atoms with Crippen LogP contribution < -0.4 is 4.90 Å². The molecule has 4 nitrogen and oxygen atoms in total. The fourth-order valence-electron chi connectivity index (χ4n) is 2.13. The molecule has 0 unspecified atom stereocenters. The molecule has 0 atom stereocenters. The predicted molar refractivity (Wildman–Crippen MR) is 69.9 cm³/mol. The molecule has 1 fully saturated rings. The van der Waals surface area contributed by atoms with E-state index in [0.29, 0.717) is 5.28 Å². The van der Waals surface area contributed by atoms with Crippen LogP contribution in [0.1, 0.15) is 12.8 Å². The summed E-state index contributed by atoms with van der Waals surface area (Å²) in [4.78, 5) is 11.6. The summed E-state index contributed by atoms with van der Waals surface area (Å²) >= 11 is 7.51. The van der Waals surface area contributed by atoms with Crippen molar-refractivity contribution in [2.24, 2.45) is 0 Å². The van der Waals surface area contributed by atoms with Crippen LogP contribution in [-0.4, -0.2) is 34.3 Å². The van der Waals surface area contributed by atoms with Crippen LogP contribution >= 0.6 is 22.9 Å². The number of aliphatic hydroxyl groups is 1. The van der Waals surface area contributed by atoms with Gasteiger partial charge in [-0.25, -0.2) is 4.98 Å². The number of thiophene rings is 1. The fraction of sp³-hybridized carbons (Fsp3) is 0.455. The van der Waals surface area contributed by atoms with Gasteiger partial charge in [0.1, 0.15) is 10.6 Å². The van der Waals surface area contributed by atoms with E-state index in [9.17, 15) is 5.11 Å². The van der Waals surface area contributed by atoms with Gasteiger partial charge in [0.15, 0.2) is 0 Å².